The van der Waals surface area contributed by atoms with E-state index in [4.69, 9.17) is 17.0 Å². The van der Waals surface area contributed by atoms with Crippen molar-refractivity contribution in [2.75, 3.05) is 5.75 Å². The van der Waals surface area contributed by atoms with Crippen LogP contribution in [0.1, 0.15) is 113 Å². The fourth-order valence-electron chi connectivity index (χ4n) is 4.56. The third-order valence-corrected chi connectivity index (χ3v) is 9.64. The van der Waals surface area contributed by atoms with Crippen molar-refractivity contribution in [1.29, 1.82) is 0 Å². The highest BCUT2D eigenvalue weighted by atomic mass is 32.2. The van der Waals surface area contributed by atoms with E-state index in [1.54, 1.807) is 11.8 Å². The van der Waals surface area contributed by atoms with Gasteiger partial charge in [0.15, 0.2) is 0 Å². The molecule has 0 aromatic heterocycles. The number of carbonyl (C=O) groups excluding carboxylic acids is 1. The van der Waals surface area contributed by atoms with Crippen molar-refractivity contribution in [3.05, 3.63) is 70.8 Å². The van der Waals surface area contributed by atoms with Gasteiger partial charge < -0.3 is 4.74 Å². The van der Waals surface area contributed by atoms with Crippen LogP contribution in [-0.4, -0.2) is 20.0 Å². The monoisotopic (exact) mass is 566 g/mol. The Bertz CT molecular complexity index is 1110. The van der Waals surface area contributed by atoms with Gasteiger partial charge in [-0.25, -0.2) is 0 Å². The number of ether oxygens (including phenoxy) is 1. The number of hydrogen-bond donors (Lipinski definition) is 0. The van der Waals surface area contributed by atoms with Crippen LogP contribution in [-0.2, 0) is 16.0 Å². The van der Waals surface area contributed by atoms with E-state index in [0.717, 1.165) is 31.5 Å². The molecule has 0 radical (unpaired) electrons. The van der Waals surface area contributed by atoms with Crippen molar-refractivity contribution in [2.24, 2.45) is 0 Å². The number of carbonyl (C=O) groups is 1. The first-order chi connectivity index (χ1) is 18.4. The molecule has 0 spiro atoms. The lowest BCUT2D eigenvalue weighted by Gasteiger charge is -2.27. The zero-order chi connectivity index (χ0) is 27.2. The summed E-state index contributed by atoms with van der Waals surface area (Å²) in [5.74, 6) is 7.34. The molecule has 0 amide bonds. The van der Waals surface area contributed by atoms with Crippen LogP contribution in [0.15, 0.2) is 48.5 Å². The predicted octanol–water partition coefficient (Wildman–Crippen LogP) is 9.68. The van der Waals surface area contributed by atoms with E-state index in [1.807, 2.05) is 56.3 Å². The van der Waals surface area contributed by atoms with Crippen LogP contribution >= 0.6 is 35.7 Å². The van der Waals surface area contributed by atoms with E-state index in [-0.39, 0.29) is 12.1 Å². The Morgan fingerprint density at radius 2 is 1.47 bits per heavy atom. The molecule has 0 fully saturated rings. The van der Waals surface area contributed by atoms with Crippen molar-refractivity contribution in [3.63, 3.8) is 0 Å². The minimum absolute atomic E-state index is 0.241. The second-order valence-electron chi connectivity index (χ2n) is 10.5. The van der Waals surface area contributed by atoms with Gasteiger partial charge in [0, 0.05) is 23.1 Å². The Labute approximate surface area is 244 Å². The van der Waals surface area contributed by atoms with Crippen molar-refractivity contribution >= 4 is 45.2 Å². The fourth-order valence-corrected chi connectivity index (χ4v) is 7.61. The summed E-state index contributed by atoms with van der Waals surface area (Å²) >= 11 is 8.80. The van der Waals surface area contributed by atoms with Crippen LogP contribution in [0.4, 0.5) is 0 Å². The Morgan fingerprint density at radius 3 is 2.18 bits per heavy atom. The van der Waals surface area contributed by atoms with Gasteiger partial charge in [-0.1, -0.05) is 137 Å². The van der Waals surface area contributed by atoms with Crippen LogP contribution in [0.25, 0.3) is 0 Å². The molecule has 5 heteroatoms. The summed E-state index contributed by atoms with van der Waals surface area (Å²) < 4.78 is 6.25. The molecular weight excluding hydrogens is 525 g/mol. The number of fused-ring (bicyclic) bond motifs is 2. The number of hydrogen-bond acceptors (Lipinski definition) is 5. The predicted molar refractivity (Wildman–Crippen MR) is 170 cm³/mol. The molecule has 2 aromatic rings. The van der Waals surface area contributed by atoms with Crippen LogP contribution in [0.5, 0.6) is 0 Å². The molecule has 1 unspecified atom stereocenters. The SMILES string of the molecule is CCCCCCCCCCCCSC(=S)SC(C)(C)C(=O)OC1Cc2ccccc2C#Cc2ccccc21. The number of esters is 1. The van der Waals surface area contributed by atoms with E-state index < -0.39 is 4.75 Å². The van der Waals surface area contributed by atoms with Gasteiger partial charge in [-0.05, 0) is 43.7 Å². The highest BCUT2D eigenvalue weighted by Crippen LogP contribution is 2.36. The molecule has 1 aliphatic rings. The number of thioether (sulfide) groups is 2. The molecule has 204 valence electrons. The maximum absolute atomic E-state index is 13.4. The Balaban J connectivity index is 1.45. The first kappa shape index (κ1) is 30.8. The van der Waals surface area contributed by atoms with Crippen LogP contribution in [0, 0.1) is 11.8 Å². The fraction of sp³-hybridized carbons (Fsp3) is 0.515. The Hall–Kier alpha value is -1.74. The molecular formula is C33H42O2S3. The van der Waals surface area contributed by atoms with Crippen molar-refractivity contribution in [3.8, 4) is 11.8 Å². The molecule has 3 rings (SSSR count). The first-order valence-electron chi connectivity index (χ1n) is 14.2. The van der Waals surface area contributed by atoms with Gasteiger partial charge in [-0.3, -0.25) is 4.79 Å². The molecule has 38 heavy (non-hydrogen) atoms. The van der Waals surface area contributed by atoms with Crippen molar-refractivity contribution < 1.29 is 9.53 Å². The topological polar surface area (TPSA) is 26.3 Å². The van der Waals surface area contributed by atoms with Gasteiger partial charge in [0.25, 0.3) is 0 Å². The second-order valence-corrected chi connectivity index (χ2v) is 14.4. The molecule has 0 bridgehead atoms. The number of benzene rings is 2. The first-order valence-corrected chi connectivity index (χ1v) is 16.4. The second kappa shape index (κ2) is 16.4. The minimum Gasteiger partial charge on any atom is -0.456 e. The largest absolute Gasteiger partial charge is 0.456 e. The highest BCUT2D eigenvalue weighted by molar-refractivity contribution is 8.47. The number of thiocarbonyl (C=S) groups is 1. The third-order valence-electron chi connectivity index (χ3n) is 6.86. The summed E-state index contributed by atoms with van der Waals surface area (Å²) in [5, 5.41) is 0. The number of unbranched alkanes of at least 4 members (excludes halogenated alkanes) is 9. The molecule has 0 aliphatic heterocycles. The van der Waals surface area contributed by atoms with E-state index in [0.29, 0.717) is 6.42 Å². The molecule has 0 saturated heterocycles. The van der Waals surface area contributed by atoms with Crippen molar-refractivity contribution in [2.45, 2.75) is 102 Å². The van der Waals surface area contributed by atoms with Gasteiger partial charge in [-0.15, -0.1) is 11.8 Å². The maximum Gasteiger partial charge on any atom is 0.322 e. The number of rotatable bonds is 14. The molecule has 0 N–H and O–H groups in total. The van der Waals surface area contributed by atoms with Gasteiger partial charge in [0.1, 0.15) is 14.4 Å². The Kier molecular flexibility index (Phi) is 13.3. The molecule has 2 aromatic carbocycles. The van der Waals surface area contributed by atoms with E-state index in [1.165, 1.54) is 76.0 Å². The van der Waals surface area contributed by atoms with Gasteiger partial charge in [0.05, 0.1) is 0 Å². The van der Waals surface area contributed by atoms with Crippen LogP contribution < -0.4 is 0 Å². The van der Waals surface area contributed by atoms with Crippen molar-refractivity contribution in [1.82, 2.24) is 0 Å². The van der Waals surface area contributed by atoms with E-state index in [2.05, 4.69) is 24.8 Å². The molecule has 0 saturated carbocycles. The zero-order valence-corrected chi connectivity index (χ0v) is 25.7. The molecule has 2 nitrogen and oxygen atoms in total. The molecule has 1 atom stereocenters. The van der Waals surface area contributed by atoms with Crippen LogP contribution in [0.3, 0.4) is 0 Å². The van der Waals surface area contributed by atoms with Crippen LogP contribution in [0.2, 0.25) is 0 Å². The molecule has 1 aliphatic carbocycles. The lowest BCUT2D eigenvalue weighted by atomic mass is 9.92. The summed E-state index contributed by atoms with van der Waals surface area (Å²) in [7, 11) is 0. The van der Waals surface area contributed by atoms with E-state index >= 15 is 0 Å². The Morgan fingerprint density at radius 1 is 0.895 bits per heavy atom. The summed E-state index contributed by atoms with van der Waals surface area (Å²) in [6.07, 6.45) is 13.5. The van der Waals surface area contributed by atoms with Gasteiger partial charge in [-0.2, -0.15) is 0 Å². The summed E-state index contributed by atoms with van der Waals surface area (Å²) in [6.45, 7) is 6.09. The third kappa shape index (κ3) is 10.1. The highest BCUT2D eigenvalue weighted by Gasteiger charge is 2.35. The van der Waals surface area contributed by atoms with Gasteiger partial charge in [0.2, 0.25) is 0 Å². The average Bonchev–Trinajstić information content (AvgIpc) is 2.89. The van der Waals surface area contributed by atoms with Gasteiger partial charge >= 0.3 is 5.97 Å². The smallest absolute Gasteiger partial charge is 0.322 e. The molecule has 0 heterocycles. The summed E-state index contributed by atoms with van der Waals surface area (Å²) in [5.41, 5.74) is 3.95. The summed E-state index contributed by atoms with van der Waals surface area (Å²) in [4.78, 5) is 13.4. The zero-order valence-electron chi connectivity index (χ0n) is 23.2. The van der Waals surface area contributed by atoms with E-state index in [9.17, 15) is 4.79 Å². The maximum atomic E-state index is 13.4. The normalized spacial score (nSPS) is 14.3. The lowest BCUT2D eigenvalue weighted by molar-refractivity contribution is -0.151. The summed E-state index contributed by atoms with van der Waals surface area (Å²) in [6, 6.07) is 16.1. The minimum atomic E-state index is -0.760. The lowest BCUT2D eigenvalue weighted by Crippen LogP contribution is -2.33. The standard InChI is InChI=1S/C33H42O2S3/c1-4-5-6-7-8-9-10-11-12-17-24-37-32(36)38-33(2,3)31(34)35-30-25-28-20-14-13-18-26(28)22-23-27-19-15-16-21-29(27)30/h13-16,18-21,30H,4-12,17,24-25H2,1-3H3. The average molecular weight is 567 g/mol. The quantitative estimate of drug-likeness (QED) is 0.0981.